The SMILES string of the molecule is COc1cc(Cl)ccc1OC(CCSc1cc(C)ccc1C)C(=O)O. The largest absolute Gasteiger partial charge is 0.493 e. The predicted octanol–water partition coefficient (Wildman–Crippen LogP) is 4.98. The van der Waals surface area contributed by atoms with Gasteiger partial charge in [0.25, 0.3) is 0 Å². The molecule has 134 valence electrons. The van der Waals surface area contributed by atoms with E-state index in [2.05, 4.69) is 18.2 Å². The van der Waals surface area contributed by atoms with Gasteiger partial charge in [-0.15, -0.1) is 11.8 Å². The number of thioether (sulfide) groups is 1. The number of methoxy groups -OCH3 is 1. The molecule has 0 saturated carbocycles. The molecule has 0 radical (unpaired) electrons. The second-order valence-electron chi connectivity index (χ2n) is 5.65. The Morgan fingerprint density at radius 3 is 2.64 bits per heavy atom. The summed E-state index contributed by atoms with van der Waals surface area (Å²) in [6, 6.07) is 11.1. The Hall–Kier alpha value is -1.85. The Labute approximate surface area is 157 Å². The number of benzene rings is 2. The van der Waals surface area contributed by atoms with Crippen LogP contribution in [0.4, 0.5) is 0 Å². The third-order valence-electron chi connectivity index (χ3n) is 3.65. The average Bonchev–Trinajstić information content (AvgIpc) is 2.58. The van der Waals surface area contributed by atoms with Crippen molar-refractivity contribution < 1.29 is 19.4 Å². The van der Waals surface area contributed by atoms with Crippen molar-refractivity contribution in [1.29, 1.82) is 0 Å². The van der Waals surface area contributed by atoms with Gasteiger partial charge in [-0.3, -0.25) is 0 Å². The molecule has 0 aromatic heterocycles. The van der Waals surface area contributed by atoms with Gasteiger partial charge in [-0.1, -0.05) is 29.3 Å². The van der Waals surface area contributed by atoms with E-state index in [1.165, 1.54) is 18.2 Å². The molecule has 2 aromatic rings. The van der Waals surface area contributed by atoms with E-state index in [9.17, 15) is 9.90 Å². The van der Waals surface area contributed by atoms with Gasteiger partial charge >= 0.3 is 5.97 Å². The van der Waals surface area contributed by atoms with E-state index >= 15 is 0 Å². The van der Waals surface area contributed by atoms with E-state index in [4.69, 9.17) is 21.1 Å². The Morgan fingerprint density at radius 1 is 1.20 bits per heavy atom. The van der Waals surface area contributed by atoms with Crippen LogP contribution in [-0.4, -0.2) is 30.0 Å². The van der Waals surface area contributed by atoms with E-state index in [-0.39, 0.29) is 0 Å². The minimum atomic E-state index is -1.00. The lowest BCUT2D eigenvalue weighted by atomic mass is 10.2. The van der Waals surface area contributed by atoms with E-state index in [1.54, 1.807) is 30.0 Å². The fourth-order valence-electron chi connectivity index (χ4n) is 2.26. The number of aryl methyl sites for hydroxylation is 2. The van der Waals surface area contributed by atoms with E-state index < -0.39 is 12.1 Å². The molecule has 25 heavy (non-hydrogen) atoms. The average molecular weight is 381 g/mol. The molecule has 6 heteroatoms. The van der Waals surface area contributed by atoms with Crippen molar-refractivity contribution >= 4 is 29.3 Å². The molecule has 1 atom stereocenters. The highest BCUT2D eigenvalue weighted by Gasteiger charge is 2.21. The number of halogens is 1. The first-order valence-electron chi connectivity index (χ1n) is 7.83. The molecule has 0 aliphatic carbocycles. The van der Waals surface area contributed by atoms with Crippen LogP contribution in [0.2, 0.25) is 5.02 Å². The van der Waals surface area contributed by atoms with Crippen molar-refractivity contribution in [2.75, 3.05) is 12.9 Å². The summed E-state index contributed by atoms with van der Waals surface area (Å²) in [6.45, 7) is 4.09. The maximum absolute atomic E-state index is 11.5. The topological polar surface area (TPSA) is 55.8 Å². The fourth-order valence-corrected chi connectivity index (χ4v) is 3.54. The van der Waals surface area contributed by atoms with Crippen LogP contribution in [0.25, 0.3) is 0 Å². The van der Waals surface area contributed by atoms with Gasteiger partial charge in [0.1, 0.15) is 0 Å². The normalized spacial score (nSPS) is 11.8. The van der Waals surface area contributed by atoms with Crippen LogP contribution < -0.4 is 9.47 Å². The van der Waals surface area contributed by atoms with Crippen LogP contribution in [0.15, 0.2) is 41.3 Å². The third kappa shape index (κ3) is 5.58. The number of carboxylic acid groups (broad SMARTS) is 1. The van der Waals surface area contributed by atoms with Gasteiger partial charge in [0.05, 0.1) is 7.11 Å². The van der Waals surface area contributed by atoms with Crippen LogP contribution in [0.1, 0.15) is 17.5 Å². The summed E-state index contributed by atoms with van der Waals surface area (Å²) in [4.78, 5) is 12.7. The molecule has 1 N–H and O–H groups in total. The summed E-state index contributed by atoms with van der Waals surface area (Å²) >= 11 is 7.55. The standard InChI is InChI=1S/C19H21ClO4S/c1-12-4-5-13(2)18(10-12)25-9-8-16(19(21)22)24-15-7-6-14(20)11-17(15)23-3/h4-7,10-11,16H,8-9H2,1-3H3,(H,21,22). The summed E-state index contributed by atoms with van der Waals surface area (Å²) in [7, 11) is 1.49. The van der Waals surface area contributed by atoms with E-state index in [0.717, 1.165) is 4.90 Å². The van der Waals surface area contributed by atoms with Crippen LogP contribution in [0.5, 0.6) is 11.5 Å². The zero-order valence-electron chi connectivity index (χ0n) is 14.4. The maximum atomic E-state index is 11.5. The molecule has 2 aromatic carbocycles. The van der Waals surface area contributed by atoms with Crippen molar-refractivity contribution in [2.24, 2.45) is 0 Å². The Morgan fingerprint density at radius 2 is 1.96 bits per heavy atom. The molecular formula is C19H21ClO4S. The van der Waals surface area contributed by atoms with Gasteiger partial charge in [-0.05, 0) is 37.6 Å². The monoisotopic (exact) mass is 380 g/mol. The second-order valence-corrected chi connectivity index (χ2v) is 7.22. The molecule has 0 amide bonds. The quantitative estimate of drug-likeness (QED) is 0.654. The summed E-state index contributed by atoms with van der Waals surface area (Å²) in [5.41, 5.74) is 2.37. The van der Waals surface area contributed by atoms with Crippen LogP contribution in [-0.2, 0) is 4.79 Å². The highest BCUT2D eigenvalue weighted by Crippen LogP contribution is 2.32. The molecule has 0 aliphatic rings. The van der Waals surface area contributed by atoms with Crippen molar-refractivity contribution in [3.8, 4) is 11.5 Å². The molecule has 0 heterocycles. The van der Waals surface area contributed by atoms with Crippen molar-refractivity contribution in [1.82, 2.24) is 0 Å². The van der Waals surface area contributed by atoms with E-state index in [0.29, 0.717) is 28.7 Å². The molecule has 0 fully saturated rings. The Balaban J connectivity index is 2.02. The van der Waals surface area contributed by atoms with Crippen molar-refractivity contribution in [2.45, 2.75) is 31.3 Å². The third-order valence-corrected chi connectivity index (χ3v) is 5.08. The molecule has 1 unspecified atom stereocenters. The number of aliphatic carboxylic acids is 1. The number of carbonyl (C=O) groups is 1. The lowest BCUT2D eigenvalue weighted by molar-refractivity contribution is -0.145. The number of carboxylic acids is 1. The number of ether oxygens (including phenoxy) is 2. The fraction of sp³-hybridized carbons (Fsp3) is 0.316. The maximum Gasteiger partial charge on any atom is 0.344 e. The minimum Gasteiger partial charge on any atom is -0.493 e. The first kappa shape index (κ1) is 19.5. The van der Waals surface area contributed by atoms with Gasteiger partial charge in [0.15, 0.2) is 17.6 Å². The Kier molecular flexibility index (Phi) is 7.02. The number of hydrogen-bond donors (Lipinski definition) is 1. The molecule has 0 saturated heterocycles. The van der Waals surface area contributed by atoms with Crippen molar-refractivity contribution in [3.05, 3.63) is 52.5 Å². The number of hydrogen-bond acceptors (Lipinski definition) is 4. The molecule has 0 aliphatic heterocycles. The zero-order chi connectivity index (χ0) is 18.4. The van der Waals surface area contributed by atoms with E-state index in [1.807, 2.05) is 13.8 Å². The van der Waals surface area contributed by atoms with Crippen LogP contribution in [0.3, 0.4) is 0 Å². The summed E-state index contributed by atoms with van der Waals surface area (Å²) in [5.74, 6) is 0.424. The first-order chi connectivity index (χ1) is 11.9. The number of rotatable bonds is 8. The lowest BCUT2D eigenvalue weighted by Crippen LogP contribution is -2.27. The summed E-state index contributed by atoms with van der Waals surface area (Å²) < 4.78 is 10.9. The highest BCUT2D eigenvalue weighted by molar-refractivity contribution is 7.99. The van der Waals surface area contributed by atoms with Gasteiger partial charge < -0.3 is 14.6 Å². The van der Waals surface area contributed by atoms with Gasteiger partial charge in [-0.25, -0.2) is 4.79 Å². The smallest absolute Gasteiger partial charge is 0.344 e. The minimum absolute atomic E-state index is 0.371. The summed E-state index contributed by atoms with van der Waals surface area (Å²) in [5, 5.41) is 9.95. The van der Waals surface area contributed by atoms with Gasteiger partial charge in [0.2, 0.25) is 0 Å². The highest BCUT2D eigenvalue weighted by atomic mass is 35.5. The molecular weight excluding hydrogens is 360 g/mol. The Bertz CT molecular complexity index is 748. The molecule has 0 bridgehead atoms. The van der Waals surface area contributed by atoms with Gasteiger partial charge in [0, 0.05) is 28.2 Å². The van der Waals surface area contributed by atoms with Gasteiger partial charge in [-0.2, -0.15) is 0 Å². The zero-order valence-corrected chi connectivity index (χ0v) is 16.0. The van der Waals surface area contributed by atoms with Crippen molar-refractivity contribution in [3.63, 3.8) is 0 Å². The summed E-state index contributed by atoms with van der Waals surface area (Å²) in [6.07, 6.45) is -0.577. The molecule has 2 rings (SSSR count). The van der Waals surface area contributed by atoms with Crippen LogP contribution >= 0.6 is 23.4 Å². The molecule has 0 spiro atoms. The first-order valence-corrected chi connectivity index (χ1v) is 9.20. The lowest BCUT2D eigenvalue weighted by Gasteiger charge is -2.17. The molecule has 4 nitrogen and oxygen atoms in total. The predicted molar refractivity (Wildman–Crippen MR) is 101 cm³/mol. The van der Waals surface area contributed by atoms with Crippen LogP contribution in [0, 0.1) is 13.8 Å². The second kappa shape index (κ2) is 9.02.